The standard InChI is InChI=1S/C26H18FNO2/c27-24-12-9-19(10-13-24)21-11-14-25(26(29)30)22(16-21)8-5-18-3-6-20(7-4-18)23-2-1-15-28-17-23/h1-17H,(H,29,30). The van der Waals surface area contributed by atoms with Crippen LogP contribution in [0.5, 0.6) is 0 Å². The molecule has 4 heteroatoms. The first-order valence-electron chi connectivity index (χ1n) is 9.42. The largest absolute Gasteiger partial charge is 0.478 e. The summed E-state index contributed by atoms with van der Waals surface area (Å²) in [6.07, 6.45) is 7.21. The molecule has 146 valence electrons. The van der Waals surface area contributed by atoms with E-state index >= 15 is 0 Å². The summed E-state index contributed by atoms with van der Waals surface area (Å²) < 4.78 is 13.2. The molecule has 0 atom stereocenters. The van der Waals surface area contributed by atoms with Gasteiger partial charge in [0, 0.05) is 12.4 Å². The number of aromatic carboxylic acids is 1. The summed E-state index contributed by atoms with van der Waals surface area (Å²) in [5.41, 5.74) is 5.49. The molecule has 30 heavy (non-hydrogen) atoms. The Balaban J connectivity index is 1.64. The van der Waals surface area contributed by atoms with Crippen molar-refractivity contribution in [3.63, 3.8) is 0 Å². The maximum atomic E-state index is 13.2. The molecule has 0 aliphatic carbocycles. The molecule has 1 aromatic heterocycles. The number of carboxylic acid groups (broad SMARTS) is 1. The lowest BCUT2D eigenvalue weighted by Crippen LogP contribution is -1.99. The van der Waals surface area contributed by atoms with Crippen molar-refractivity contribution in [3.05, 3.63) is 114 Å². The van der Waals surface area contributed by atoms with Crippen LogP contribution in [0.4, 0.5) is 4.39 Å². The smallest absolute Gasteiger partial charge is 0.336 e. The highest BCUT2D eigenvalue weighted by atomic mass is 19.1. The van der Waals surface area contributed by atoms with E-state index in [9.17, 15) is 14.3 Å². The molecular weight excluding hydrogens is 377 g/mol. The number of nitrogens with zero attached hydrogens (tertiary/aromatic N) is 1. The Morgan fingerprint density at radius 2 is 1.47 bits per heavy atom. The number of hydrogen-bond donors (Lipinski definition) is 1. The van der Waals surface area contributed by atoms with Crippen molar-refractivity contribution >= 4 is 18.1 Å². The maximum absolute atomic E-state index is 13.2. The molecule has 0 unspecified atom stereocenters. The van der Waals surface area contributed by atoms with Gasteiger partial charge in [-0.1, -0.05) is 60.7 Å². The van der Waals surface area contributed by atoms with Crippen molar-refractivity contribution in [1.82, 2.24) is 4.98 Å². The zero-order valence-electron chi connectivity index (χ0n) is 16.0. The number of rotatable bonds is 5. The van der Waals surface area contributed by atoms with Crippen molar-refractivity contribution in [2.75, 3.05) is 0 Å². The molecule has 3 aromatic carbocycles. The molecule has 0 aliphatic rings. The van der Waals surface area contributed by atoms with Crippen molar-refractivity contribution < 1.29 is 14.3 Å². The van der Waals surface area contributed by atoms with E-state index in [4.69, 9.17) is 0 Å². The third kappa shape index (κ3) is 4.33. The molecule has 0 saturated carbocycles. The van der Waals surface area contributed by atoms with Gasteiger partial charge in [-0.15, -0.1) is 0 Å². The van der Waals surface area contributed by atoms with E-state index in [0.717, 1.165) is 27.8 Å². The Bertz CT molecular complexity index is 1200. The summed E-state index contributed by atoms with van der Waals surface area (Å²) in [5.74, 6) is -1.30. The van der Waals surface area contributed by atoms with Crippen LogP contribution >= 0.6 is 0 Å². The lowest BCUT2D eigenvalue weighted by Gasteiger charge is -2.07. The van der Waals surface area contributed by atoms with Gasteiger partial charge in [0.05, 0.1) is 5.56 Å². The summed E-state index contributed by atoms with van der Waals surface area (Å²) >= 11 is 0. The topological polar surface area (TPSA) is 50.2 Å². The molecule has 1 heterocycles. The summed E-state index contributed by atoms with van der Waals surface area (Å²) in [4.78, 5) is 15.8. The Kier molecular flexibility index (Phi) is 5.48. The first-order valence-corrected chi connectivity index (χ1v) is 9.42. The van der Waals surface area contributed by atoms with Gasteiger partial charge in [-0.05, 0) is 63.7 Å². The Hall–Kier alpha value is -4.05. The first kappa shape index (κ1) is 19.3. The average molecular weight is 395 g/mol. The molecule has 0 spiro atoms. The second-order valence-corrected chi connectivity index (χ2v) is 6.81. The van der Waals surface area contributed by atoms with Crippen LogP contribution < -0.4 is 0 Å². The van der Waals surface area contributed by atoms with Gasteiger partial charge < -0.3 is 5.11 Å². The summed E-state index contributed by atoms with van der Waals surface area (Å²) in [6.45, 7) is 0. The molecular formula is C26H18FNO2. The molecule has 3 nitrogen and oxygen atoms in total. The van der Waals surface area contributed by atoms with Crippen molar-refractivity contribution in [3.8, 4) is 22.3 Å². The van der Waals surface area contributed by atoms with E-state index in [1.54, 1.807) is 42.6 Å². The average Bonchev–Trinajstić information content (AvgIpc) is 2.79. The van der Waals surface area contributed by atoms with Crippen LogP contribution in [-0.2, 0) is 0 Å². The molecule has 0 fully saturated rings. The fraction of sp³-hybridized carbons (Fsp3) is 0. The highest BCUT2D eigenvalue weighted by Crippen LogP contribution is 2.25. The quantitative estimate of drug-likeness (QED) is 0.397. The minimum Gasteiger partial charge on any atom is -0.478 e. The number of carbonyl (C=O) groups is 1. The van der Waals surface area contributed by atoms with E-state index < -0.39 is 5.97 Å². The second kappa shape index (κ2) is 8.53. The minimum absolute atomic E-state index is 0.212. The summed E-state index contributed by atoms with van der Waals surface area (Å²) in [7, 11) is 0. The van der Waals surface area contributed by atoms with E-state index in [2.05, 4.69) is 4.98 Å². The molecule has 4 rings (SSSR count). The van der Waals surface area contributed by atoms with Crippen LogP contribution in [0, 0.1) is 5.82 Å². The van der Waals surface area contributed by atoms with Crippen LogP contribution in [0.3, 0.4) is 0 Å². The van der Waals surface area contributed by atoms with Crippen molar-refractivity contribution in [1.29, 1.82) is 0 Å². The predicted molar refractivity (Wildman–Crippen MR) is 117 cm³/mol. The molecule has 4 aromatic rings. The number of benzene rings is 3. The van der Waals surface area contributed by atoms with Crippen LogP contribution in [-0.4, -0.2) is 16.1 Å². The lowest BCUT2D eigenvalue weighted by atomic mass is 9.98. The predicted octanol–water partition coefficient (Wildman–Crippen LogP) is 6.42. The highest BCUT2D eigenvalue weighted by Gasteiger charge is 2.10. The normalized spacial score (nSPS) is 11.0. The van der Waals surface area contributed by atoms with Gasteiger partial charge in [0.1, 0.15) is 5.82 Å². The van der Waals surface area contributed by atoms with Crippen LogP contribution in [0.25, 0.3) is 34.4 Å². The third-order valence-corrected chi connectivity index (χ3v) is 4.82. The second-order valence-electron chi connectivity index (χ2n) is 6.81. The van der Waals surface area contributed by atoms with E-state index in [1.807, 2.05) is 48.7 Å². The fourth-order valence-corrected chi connectivity index (χ4v) is 3.22. The molecule has 1 N–H and O–H groups in total. The van der Waals surface area contributed by atoms with Gasteiger partial charge in [-0.25, -0.2) is 9.18 Å². The monoisotopic (exact) mass is 395 g/mol. The molecule has 0 radical (unpaired) electrons. The summed E-state index contributed by atoms with van der Waals surface area (Å²) in [5, 5.41) is 9.53. The molecule has 0 saturated heterocycles. The van der Waals surface area contributed by atoms with Crippen LogP contribution in [0.2, 0.25) is 0 Å². The highest BCUT2D eigenvalue weighted by molar-refractivity contribution is 5.94. The number of pyridine rings is 1. The van der Waals surface area contributed by atoms with E-state index in [0.29, 0.717) is 5.56 Å². The molecule has 0 amide bonds. The number of hydrogen-bond acceptors (Lipinski definition) is 2. The Labute approximate surface area is 173 Å². The van der Waals surface area contributed by atoms with Gasteiger partial charge in [0.2, 0.25) is 0 Å². The Morgan fingerprint density at radius 1 is 0.800 bits per heavy atom. The van der Waals surface area contributed by atoms with Gasteiger partial charge in [0.25, 0.3) is 0 Å². The first-order chi connectivity index (χ1) is 14.6. The Morgan fingerprint density at radius 3 is 2.13 bits per heavy atom. The van der Waals surface area contributed by atoms with Gasteiger partial charge in [-0.2, -0.15) is 0 Å². The zero-order chi connectivity index (χ0) is 20.9. The number of carboxylic acids is 1. The van der Waals surface area contributed by atoms with Crippen molar-refractivity contribution in [2.45, 2.75) is 0 Å². The zero-order valence-corrected chi connectivity index (χ0v) is 16.0. The molecule has 0 aliphatic heterocycles. The van der Waals surface area contributed by atoms with Gasteiger partial charge >= 0.3 is 5.97 Å². The SMILES string of the molecule is O=C(O)c1ccc(-c2ccc(F)cc2)cc1C=Cc1ccc(-c2cccnc2)cc1. The third-order valence-electron chi connectivity index (χ3n) is 4.82. The maximum Gasteiger partial charge on any atom is 0.336 e. The lowest BCUT2D eigenvalue weighted by molar-refractivity contribution is 0.0696. The van der Waals surface area contributed by atoms with Gasteiger partial charge in [0.15, 0.2) is 0 Å². The van der Waals surface area contributed by atoms with Crippen LogP contribution in [0.15, 0.2) is 91.3 Å². The van der Waals surface area contributed by atoms with Gasteiger partial charge in [-0.3, -0.25) is 4.98 Å². The number of halogens is 1. The van der Waals surface area contributed by atoms with E-state index in [1.165, 1.54) is 12.1 Å². The molecule has 0 bridgehead atoms. The number of aromatic nitrogens is 1. The summed E-state index contributed by atoms with van der Waals surface area (Å²) in [6, 6.07) is 23.1. The van der Waals surface area contributed by atoms with Crippen molar-refractivity contribution in [2.24, 2.45) is 0 Å². The van der Waals surface area contributed by atoms with Crippen LogP contribution in [0.1, 0.15) is 21.5 Å². The van der Waals surface area contributed by atoms with E-state index in [-0.39, 0.29) is 11.4 Å². The fourth-order valence-electron chi connectivity index (χ4n) is 3.22. The minimum atomic E-state index is -0.993.